The Morgan fingerprint density at radius 1 is 1.39 bits per heavy atom. The summed E-state index contributed by atoms with van der Waals surface area (Å²) >= 11 is 0. The number of anilines is 1. The van der Waals surface area contributed by atoms with Gasteiger partial charge in [-0.3, -0.25) is 4.79 Å². The molecule has 3 rings (SSSR count). The van der Waals surface area contributed by atoms with E-state index in [0.29, 0.717) is 17.0 Å². The number of allylic oxidation sites excluding steroid dienone is 2. The van der Waals surface area contributed by atoms with Crippen LogP contribution in [0.2, 0.25) is 0 Å². The first-order valence-electron chi connectivity index (χ1n) is 6.65. The second-order valence-corrected chi connectivity index (χ2v) is 4.92. The Balaban J connectivity index is 2.10. The van der Waals surface area contributed by atoms with E-state index in [0.717, 1.165) is 12.1 Å². The van der Waals surface area contributed by atoms with Crippen molar-refractivity contribution >= 4 is 23.5 Å². The minimum absolute atomic E-state index is 0.0935. The van der Waals surface area contributed by atoms with Gasteiger partial charge in [-0.15, -0.1) is 0 Å². The molecule has 2 aromatic rings. The third-order valence-electron chi connectivity index (χ3n) is 3.54. The number of carbonyl (C=O) groups is 1. The number of aliphatic imine (C=N–C) groups is 1. The largest absolute Gasteiger partial charge is 0.396 e. The Hall–Kier alpha value is -3.27. The predicted molar refractivity (Wildman–Crippen MR) is 80.5 cm³/mol. The van der Waals surface area contributed by atoms with Crippen LogP contribution in [0.4, 0.5) is 20.3 Å². The predicted octanol–water partition coefficient (Wildman–Crippen LogP) is 2.81. The molecular formula is C16H10F2N4O. The number of nitriles is 1. The number of hydrogen-bond donors (Lipinski definition) is 2. The summed E-state index contributed by atoms with van der Waals surface area (Å²) in [6.45, 7) is 0. The molecule has 1 aliphatic rings. The third-order valence-corrected chi connectivity index (χ3v) is 3.54. The lowest BCUT2D eigenvalue weighted by Crippen LogP contribution is -2.10. The molecule has 114 valence electrons. The van der Waals surface area contributed by atoms with Gasteiger partial charge in [0.05, 0.1) is 16.8 Å². The summed E-state index contributed by atoms with van der Waals surface area (Å²) < 4.78 is 27.9. The number of carbonyl (C=O) groups excluding carboxylic acids is 1. The highest BCUT2D eigenvalue weighted by Gasteiger charge is 2.25. The molecule has 3 N–H and O–H groups in total. The minimum atomic E-state index is -1.09. The molecule has 1 aliphatic heterocycles. The molecule has 0 saturated carbocycles. The summed E-state index contributed by atoms with van der Waals surface area (Å²) in [6, 6.07) is 3.96. The van der Waals surface area contributed by atoms with Crippen LogP contribution >= 0.6 is 0 Å². The van der Waals surface area contributed by atoms with Crippen molar-refractivity contribution in [3.63, 3.8) is 0 Å². The van der Waals surface area contributed by atoms with Crippen molar-refractivity contribution in [1.82, 2.24) is 4.98 Å². The van der Waals surface area contributed by atoms with Crippen LogP contribution < -0.4 is 5.73 Å². The fourth-order valence-corrected chi connectivity index (χ4v) is 2.35. The number of nitrogens with one attached hydrogen (secondary N) is 1. The van der Waals surface area contributed by atoms with Crippen LogP contribution in [-0.2, 0) is 6.42 Å². The van der Waals surface area contributed by atoms with Crippen molar-refractivity contribution < 1.29 is 13.6 Å². The maximum Gasteiger partial charge on any atom is 0.200 e. The highest BCUT2D eigenvalue weighted by Crippen LogP contribution is 2.29. The van der Waals surface area contributed by atoms with Gasteiger partial charge in [-0.1, -0.05) is 6.08 Å². The van der Waals surface area contributed by atoms with E-state index in [1.54, 1.807) is 6.08 Å². The van der Waals surface area contributed by atoms with Crippen LogP contribution in [0.3, 0.4) is 0 Å². The van der Waals surface area contributed by atoms with Gasteiger partial charge in [0, 0.05) is 23.5 Å². The lowest BCUT2D eigenvalue weighted by molar-refractivity contribution is 0.103. The van der Waals surface area contributed by atoms with Crippen molar-refractivity contribution in [2.75, 3.05) is 5.73 Å². The Morgan fingerprint density at radius 3 is 2.91 bits per heavy atom. The van der Waals surface area contributed by atoms with E-state index in [1.165, 1.54) is 12.4 Å². The zero-order valence-corrected chi connectivity index (χ0v) is 11.7. The number of H-pyrrole nitrogens is 1. The van der Waals surface area contributed by atoms with Crippen molar-refractivity contribution in [3.8, 4) is 6.07 Å². The average molecular weight is 312 g/mol. The number of fused-ring (bicyclic) bond motifs is 1. The highest BCUT2D eigenvalue weighted by atomic mass is 19.1. The van der Waals surface area contributed by atoms with Gasteiger partial charge < -0.3 is 10.7 Å². The Kier molecular flexibility index (Phi) is 3.50. The molecule has 0 saturated heterocycles. The standard InChI is InChI=1S/C16H10F2N4O/c17-11-3-4-12(20)14(18)13(11)15(23)10-7-22-16-9(10)2-1-8(5-19)6-21-16/h1,3-4,6-7,22H,2,20H2. The monoisotopic (exact) mass is 312 g/mol. The van der Waals surface area contributed by atoms with Gasteiger partial charge in [-0.05, 0) is 18.6 Å². The summed E-state index contributed by atoms with van der Waals surface area (Å²) in [7, 11) is 0. The van der Waals surface area contributed by atoms with Gasteiger partial charge in [0.15, 0.2) is 5.82 Å². The molecule has 0 spiro atoms. The molecule has 0 atom stereocenters. The highest BCUT2D eigenvalue weighted by molar-refractivity contribution is 6.11. The van der Waals surface area contributed by atoms with Crippen LogP contribution in [0, 0.1) is 23.0 Å². The van der Waals surface area contributed by atoms with E-state index in [9.17, 15) is 13.6 Å². The maximum absolute atomic E-state index is 14.1. The van der Waals surface area contributed by atoms with Gasteiger partial charge >= 0.3 is 0 Å². The molecule has 0 aliphatic carbocycles. The number of hydrogen-bond acceptors (Lipinski definition) is 4. The van der Waals surface area contributed by atoms with E-state index < -0.39 is 23.0 Å². The van der Waals surface area contributed by atoms with E-state index in [4.69, 9.17) is 11.0 Å². The van der Waals surface area contributed by atoms with Crippen LogP contribution in [0.1, 0.15) is 21.5 Å². The van der Waals surface area contributed by atoms with Gasteiger partial charge in [0.2, 0.25) is 5.78 Å². The fourth-order valence-electron chi connectivity index (χ4n) is 2.35. The van der Waals surface area contributed by atoms with E-state index >= 15 is 0 Å². The number of rotatable bonds is 2. The zero-order chi connectivity index (χ0) is 16.6. The smallest absolute Gasteiger partial charge is 0.200 e. The molecule has 5 nitrogen and oxygen atoms in total. The lowest BCUT2D eigenvalue weighted by Gasteiger charge is -2.07. The topological polar surface area (TPSA) is 95.0 Å². The number of nitrogens with two attached hydrogens (primary N) is 1. The fraction of sp³-hybridized carbons (Fsp3) is 0.0625. The second kappa shape index (κ2) is 5.50. The zero-order valence-electron chi connectivity index (χ0n) is 11.7. The van der Waals surface area contributed by atoms with Crippen LogP contribution in [0.15, 0.2) is 35.0 Å². The molecule has 1 aromatic heterocycles. The van der Waals surface area contributed by atoms with E-state index in [2.05, 4.69) is 9.98 Å². The van der Waals surface area contributed by atoms with Crippen molar-refractivity contribution in [3.05, 3.63) is 58.3 Å². The number of nitrogens with zero attached hydrogens (tertiary/aromatic N) is 2. The molecular weight excluding hydrogens is 302 g/mol. The van der Waals surface area contributed by atoms with Gasteiger partial charge in [0.1, 0.15) is 17.7 Å². The summed E-state index contributed by atoms with van der Waals surface area (Å²) in [5.74, 6) is -2.52. The summed E-state index contributed by atoms with van der Waals surface area (Å²) in [5, 5.41) is 8.89. The Bertz CT molecular complexity index is 919. The molecule has 23 heavy (non-hydrogen) atoms. The Morgan fingerprint density at radius 2 is 2.17 bits per heavy atom. The molecule has 0 fully saturated rings. The van der Waals surface area contributed by atoms with Crippen LogP contribution in [0.25, 0.3) is 0 Å². The van der Waals surface area contributed by atoms with Gasteiger partial charge in [-0.25, -0.2) is 13.8 Å². The average Bonchev–Trinajstić information content (AvgIpc) is 2.83. The first-order valence-corrected chi connectivity index (χ1v) is 6.65. The summed E-state index contributed by atoms with van der Waals surface area (Å²) in [6.07, 6.45) is 4.54. The third kappa shape index (κ3) is 2.40. The molecule has 2 heterocycles. The second-order valence-electron chi connectivity index (χ2n) is 4.92. The normalized spacial score (nSPS) is 13.0. The number of benzene rings is 1. The molecule has 0 amide bonds. The molecule has 0 unspecified atom stereocenters. The van der Waals surface area contributed by atoms with Crippen LogP contribution in [-0.4, -0.2) is 17.0 Å². The van der Waals surface area contributed by atoms with Gasteiger partial charge in [-0.2, -0.15) is 5.26 Å². The lowest BCUT2D eigenvalue weighted by atomic mass is 9.98. The quantitative estimate of drug-likeness (QED) is 0.659. The summed E-state index contributed by atoms with van der Waals surface area (Å²) in [4.78, 5) is 19.4. The van der Waals surface area contributed by atoms with Gasteiger partial charge in [0.25, 0.3) is 0 Å². The first kappa shape index (κ1) is 14.7. The summed E-state index contributed by atoms with van der Waals surface area (Å²) in [5.41, 5.74) is 5.31. The van der Waals surface area contributed by atoms with Crippen LogP contribution in [0.5, 0.6) is 0 Å². The number of halogens is 2. The molecule has 7 heteroatoms. The number of aromatic nitrogens is 1. The van der Waals surface area contributed by atoms with E-state index in [-0.39, 0.29) is 17.7 Å². The number of nitrogen functional groups attached to an aromatic ring is 1. The Labute approximate surface area is 129 Å². The van der Waals surface area contributed by atoms with E-state index in [1.807, 2.05) is 6.07 Å². The van der Waals surface area contributed by atoms with Crippen molar-refractivity contribution in [2.24, 2.45) is 4.99 Å². The first-order chi connectivity index (χ1) is 11.0. The minimum Gasteiger partial charge on any atom is -0.396 e. The molecule has 0 radical (unpaired) electrons. The SMILES string of the molecule is N#CC1=CCc2c(C(=O)c3c(F)ccc(N)c3F)c[nH]c2N=C1. The maximum atomic E-state index is 14.1. The van der Waals surface area contributed by atoms with Crippen molar-refractivity contribution in [2.45, 2.75) is 6.42 Å². The molecule has 0 bridgehead atoms. The number of aromatic amines is 1. The van der Waals surface area contributed by atoms with Crippen molar-refractivity contribution in [1.29, 1.82) is 5.26 Å². The molecule has 1 aromatic carbocycles. The number of ketones is 1.